The van der Waals surface area contributed by atoms with Gasteiger partial charge in [-0.1, -0.05) is 83.6 Å². The van der Waals surface area contributed by atoms with Gasteiger partial charge in [-0.05, 0) is 48.5 Å². The molecule has 0 fully saturated rings. The molecule has 0 heterocycles. The number of oxime groups is 1. The van der Waals surface area contributed by atoms with Crippen LogP contribution in [-0.2, 0) is 4.84 Å². The number of ketones is 1. The molecule has 0 saturated heterocycles. The predicted molar refractivity (Wildman–Crippen MR) is 126 cm³/mol. The molecule has 32 heavy (non-hydrogen) atoms. The first-order valence-corrected chi connectivity index (χ1v) is 10.8. The van der Waals surface area contributed by atoms with Crippen molar-refractivity contribution in [3.05, 3.63) is 132 Å². The zero-order chi connectivity index (χ0) is 22.2. The first kappa shape index (κ1) is 21.3. The molecule has 0 aliphatic heterocycles. The van der Waals surface area contributed by atoms with Gasteiger partial charge in [-0.15, -0.1) is 0 Å². The lowest BCUT2D eigenvalue weighted by atomic mass is 10.0. The molecule has 0 bridgehead atoms. The van der Waals surface area contributed by atoms with Gasteiger partial charge in [-0.2, -0.15) is 0 Å². The SMILES string of the molecule is O=C(O/N=C(/C(=O)c1ccc(Sc2ccccc2)cc1)c1ccccc1)c1ccccc1. The van der Waals surface area contributed by atoms with E-state index in [9.17, 15) is 9.59 Å². The summed E-state index contributed by atoms with van der Waals surface area (Å²) in [4.78, 5) is 32.8. The third-order valence-electron chi connectivity index (χ3n) is 4.59. The first-order valence-electron chi connectivity index (χ1n) is 9.98. The van der Waals surface area contributed by atoms with Gasteiger partial charge in [-0.25, -0.2) is 4.79 Å². The fourth-order valence-corrected chi connectivity index (χ4v) is 3.81. The van der Waals surface area contributed by atoms with Gasteiger partial charge >= 0.3 is 5.97 Å². The molecule has 0 radical (unpaired) electrons. The lowest BCUT2D eigenvalue weighted by Gasteiger charge is -2.07. The Balaban J connectivity index is 1.57. The van der Waals surface area contributed by atoms with Crippen molar-refractivity contribution in [2.75, 3.05) is 0 Å². The van der Waals surface area contributed by atoms with E-state index in [1.165, 1.54) is 0 Å². The second-order valence-corrected chi connectivity index (χ2v) is 7.97. The van der Waals surface area contributed by atoms with Crippen LogP contribution in [0.4, 0.5) is 0 Å². The Bertz CT molecular complexity index is 1220. The van der Waals surface area contributed by atoms with E-state index in [4.69, 9.17) is 4.84 Å². The molecule has 5 heteroatoms. The second-order valence-electron chi connectivity index (χ2n) is 6.82. The van der Waals surface area contributed by atoms with E-state index in [1.807, 2.05) is 48.5 Å². The summed E-state index contributed by atoms with van der Waals surface area (Å²) in [5.41, 5.74) is 1.46. The molecular weight excluding hydrogens is 418 g/mol. The second kappa shape index (κ2) is 10.4. The van der Waals surface area contributed by atoms with E-state index >= 15 is 0 Å². The molecule has 0 atom stereocenters. The van der Waals surface area contributed by atoms with E-state index in [0.29, 0.717) is 16.7 Å². The molecule has 0 spiro atoms. The third-order valence-corrected chi connectivity index (χ3v) is 5.60. The summed E-state index contributed by atoms with van der Waals surface area (Å²) in [6.07, 6.45) is 0. The average molecular weight is 438 g/mol. The summed E-state index contributed by atoms with van der Waals surface area (Å²) in [6.45, 7) is 0. The van der Waals surface area contributed by atoms with Crippen LogP contribution in [0.3, 0.4) is 0 Å². The highest BCUT2D eigenvalue weighted by atomic mass is 32.2. The van der Waals surface area contributed by atoms with E-state index in [1.54, 1.807) is 78.5 Å². The highest BCUT2D eigenvalue weighted by molar-refractivity contribution is 7.99. The maximum absolute atomic E-state index is 13.2. The third kappa shape index (κ3) is 5.39. The van der Waals surface area contributed by atoms with Gasteiger partial charge in [0, 0.05) is 20.9 Å². The van der Waals surface area contributed by atoms with Crippen LogP contribution in [0.5, 0.6) is 0 Å². The number of hydrogen-bond donors (Lipinski definition) is 0. The number of benzene rings is 4. The maximum atomic E-state index is 13.2. The number of nitrogens with zero attached hydrogens (tertiary/aromatic N) is 1. The Morgan fingerprint density at radius 2 is 1.06 bits per heavy atom. The quantitative estimate of drug-likeness (QED) is 0.148. The van der Waals surface area contributed by atoms with Gasteiger partial charge in [0.25, 0.3) is 0 Å². The van der Waals surface area contributed by atoms with Gasteiger partial charge in [0.05, 0.1) is 5.56 Å². The lowest BCUT2D eigenvalue weighted by molar-refractivity contribution is 0.0516. The molecule has 0 saturated carbocycles. The summed E-state index contributed by atoms with van der Waals surface area (Å²) in [7, 11) is 0. The van der Waals surface area contributed by atoms with Gasteiger partial charge in [0.1, 0.15) is 0 Å². The maximum Gasteiger partial charge on any atom is 0.365 e. The number of carbonyl (C=O) groups is 2. The Labute approximate surface area is 190 Å². The van der Waals surface area contributed by atoms with Crippen LogP contribution >= 0.6 is 11.8 Å². The van der Waals surface area contributed by atoms with E-state index in [-0.39, 0.29) is 11.5 Å². The van der Waals surface area contributed by atoms with Crippen LogP contribution in [0.15, 0.2) is 130 Å². The number of hydrogen-bond acceptors (Lipinski definition) is 5. The molecule has 0 aromatic heterocycles. The summed E-state index contributed by atoms with van der Waals surface area (Å²) in [6, 6.07) is 34.8. The number of Topliss-reactive ketones (excluding diaryl/α,β-unsaturated/α-hetero) is 1. The number of rotatable bonds is 7. The van der Waals surface area contributed by atoms with Gasteiger partial charge < -0.3 is 4.84 Å². The molecule has 0 amide bonds. The van der Waals surface area contributed by atoms with Crippen LogP contribution < -0.4 is 0 Å². The molecule has 4 aromatic rings. The van der Waals surface area contributed by atoms with Crippen molar-refractivity contribution in [2.45, 2.75) is 9.79 Å². The van der Waals surface area contributed by atoms with E-state index in [2.05, 4.69) is 5.16 Å². The van der Waals surface area contributed by atoms with Crippen LogP contribution in [0.2, 0.25) is 0 Å². The minimum absolute atomic E-state index is 0.0679. The Kier molecular flexibility index (Phi) is 6.90. The van der Waals surface area contributed by atoms with Crippen molar-refractivity contribution in [3.8, 4) is 0 Å². The van der Waals surface area contributed by atoms with Crippen LogP contribution in [-0.4, -0.2) is 17.5 Å². The smallest absolute Gasteiger partial charge is 0.312 e. The average Bonchev–Trinajstić information content (AvgIpc) is 2.86. The highest BCUT2D eigenvalue weighted by Crippen LogP contribution is 2.27. The largest absolute Gasteiger partial charge is 0.365 e. The monoisotopic (exact) mass is 437 g/mol. The van der Waals surface area contributed by atoms with Crippen molar-refractivity contribution >= 4 is 29.2 Å². The van der Waals surface area contributed by atoms with Crippen LogP contribution in [0, 0.1) is 0 Å². The Morgan fingerprint density at radius 1 is 0.562 bits per heavy atom. The summed E-state index contributed by atoms with van der Waals surface area (Å²) >= 11 is 1.61. The van der Waals surface area contributed by atoms with E-state index in [0.717, 1.165) is 9.79 Å². The molecule has 0 unspecified atom stereocenters. The summed E-state index contributed by atoms with van der Waals surface area (Å²) < 4.78 is 0. The van der Waals surface area contributed by atoms with Gasteiger partial charge in [0.2, 0.25) is 5.78 Å². The number of carbonyl (C=O) groups excluding carboxylic acids is 2. The Hall–Kier alpha value is -3.96. The summed E-state index contributed by atoms with van der Waals surface area (Å²) in [5, 5.41) is 3.95. The summed E-state index contributed by atoms with van der Waals surface area (Å²) in [5.74, 6) is -0.949. The molecule has 0 aliphatic carbocycles. The van der Waals surface area contributed by atoms with Gasteiger partial charge in [0.15, 0.2) is 5.71 Å². The molecule has 0 aliphatic rings. The van der Waals surface area contributed by atoms with Crippen molar-refractivity contribution in [2.24, 2.45) is 5.16 Å². The first-order chi connectivity index (χ1) is 15.7. The fraction of sp³-hybridized carbons (Fsp3) is 0. The Morgan fingerprint density at radius 3 is 1.66 bits per heavy atom. The zero-order valence-corrected chi connectivity index (χ0v) is 17.9. The molecular formula is C27H19NO3S. The molecule has 4 rings (SSSR count). The normalized spacial score (nSPS) is 11.1. The topological polar surface area (TPSA) is 55.7 Å². The molecule has 156 valence electrons. The van der Waals surface area contributed by atoms with Gasteiger partial charge in [-0.3, -0.25) is 4.79 Å². The molecule has 4 aromatic carbocycles. The standard InChI is InChI=1S/C27H19NO3S/c29-26(21-16-18-24(19-17-21)32-23-14-8-3-9-15-23)25(20-10-4-1-5-11-20)28-31-27(30)22-12-6-2-7-13-22/h1-19H/b28-25+. The van der Waals surface area contributed by atoms with Crippen molar-refractivity contribution in [1.29, 1.82) is 0 Å². The minimum Gasteiger partial charge on any atom is -0.312 e. The predicted octanol–water partition coefficient (Wildman–Crippen LogP) is 6.28. The molecule has 4 nitrogen and oxygen atoms in total. The fourth-order valence-electron chi connectivity index (χ4n) is 2.97. The van der Waals surface area contributed by atoms with Crippen LogP contribution in [0.25, 0.3) is 0 Å². The highest BCUT2D eigenvalue weighted by Gasteiger charge is 2.18. The lowest BCUT2D eigenvalue weighted by Crippen LogP contribution is -2.17. The molecule has 0 N–H and O–H groups in total. The van der Waals surface area contributed by atoms with Crippen molar-refractivity contribution < 1.29 is 14.4 Å². The van der Waals surface area contributed by atoms with Crippen LogP contribution in [0.1, 0.15) is 26.3 Å². The van der Waals surface area contributed by atoms with Crippen molar-refractivity contribution in [1.82, 2.24) is 0 Å². The van der Waals surface area contributed by atoms with E-state index < -0.39 is 5.97 Å². The minimum atomic E-state index is -0.624. The van der Waals surface area contributed by atoms with Crippen molar-refractivity contribution in [3.63, 3.8) is 0 Å². The zero-order valence-electron chi connectivity index (χ0n) is 17.0.